The Morgan fingerprint density at radius 3 is 2.65 bits per heavy atom. The predicted molar refractivity (Wildman–Crippen MR) is 143 cm³/mol. The molecule has 0 fully saturated rings. The van der Waals surface area contributed by atoms with E-state index in [1.807, 2.05) is 30.3 Å². The van der Waals surface area contributed by atoms with Gasteiger partial charge in [-0.2, -0.15) is 5.26 Å². The smallest absolute Gasteiger partial charge is 0.261 e. The van der Waals surface area contributed by atoms with Gasteiger partial charge >= 0.3 is 0 Å². The number of thiazole rings is 1. The van der Waals surface area contributed by atoms with Crippen molar-refractivity contribution in [2.45, 2.75) is 10.1 Å². The second-order valence-electron chi connectivity index (χ2n) is 7.65. The topological polar surface area (TPSA) is 138 Å². The Morgan fingerprint density at radius 1 is 1.14 bits per heavy atom. The monoisotopic (exact) mass is 550 g/mol. The number of aliphatic hydroxyl groups is 1. The molecule has 2 aromatic heterocycles. The van der Waals surface area contributed by atoms with Crippen LogP contribution in [0.4, 0.5) is 5.69 Å². The lowest BCUT2D eigenvalue weighted by molar-refractivity contribution is 0.415. The zero-order valence-electron chi connectivity index (χ0n) is 19.2. The molecule has 186 valence electrons. The van der Waals surface area contributed by atoms with Crippen molar-refractivity contribution in [3.05, 3.63) is 77.5 Å². The molecular formula is C25H18N4O5S3. The number of ether oxygens (including phenoxy) is 1. The number of thioether (sulfide) groups is 1. The minimum absolute atomic E-state index is 0.0195. The maximum Gasteiger partial charge on any atom is 0.261 e. The molecule has 3 aromatic carbocycles. The standard InChI is InChI=1S/C25H18N4O5S3/c1-33-16-8-6-15(7-9-16)29-37(31,32)17-10-11-22-20(12-17)28-25(34-22)35-14-21(30)18(13-26)24-27-19-4-2-3-5-23(19)36-24/h2-12,29-30H,14H2,1H3. The van der Waals surface area contributed by atoms with E-state index in [1.54, 1.807) is 24.3 Å². The lowest BCUT2D eigenvalue weighted by Gasteiger charge is -2.08. The number of aromatic nitrogens is 2. The molecule has 12 heteroatoms. The summed E-state index contributed by atoms with van der Waals surface area (Å²) >= 11 is 2.40. The third-order valence-corrected chi connectivity index (χ3v) is 8.50. The first-order valence-corrected chi connectivity index (χ1v) is 14.0. The van der Waals surface area contributed by atoms with Gasteiger partial charge in [0, 0.05) is 5.69 Å². The van der Waals surface area contributed by atoms with Crippen LogP contribution in [0.1, 0.15) is 5.01 Å². The summed E-state index contributed by atoms with van der Waals surface area (Å²) in [6.07, 6.45) is 0. The number of anilines is 1. The molecule has 0 amide bonds. The Hall–Kier alpha value is -4.05. The Kier molecular flexibility index (Phi) is 6.75. The second kappa shape index (κ2) is 10.1. The van der Waals surface area contributed by atoms with Gasteiger partial charge in [-0.15, -0.1) is 11.3 Å². The number of rotatable bonds is 8. The van der Waals surface area contributed by atoms with E-state index >= 15 is 0 Å². The van der Waals surface area contributed by atoms with Crippen molar-refractivity contribution < 1.29 is 22.7 Å². The number of methoxy groups -OCH3 is 1. The number of benzene rings is 3. The van der Waals surface area contributed by atoms with E-state index in [0.717, 1.165) is 22.0 Å². The van der Waals surface area contributed by atoms with Crippen LogP contribution in [0.2, 0.25) is 0 Å². The Morgan fingerprint density at radius 2 is 1.92 bits per heavy atom. The quantitative estimate of drug-likeness (QED) is 0.139. The van der Waals surface area contributed by atoms with Crippen LogP contribution in [0.25, 0.3) is 26.9 Å². The zero-order valence-corrected chi connectivity index (χ0v) is 21.7. The first kappa shape index (κ1) is 24.6. The minimum atomic E-state index is -3.87. The molecule has 0 bridgehead atoms. The predicted octanol–water partition coefficient (Wildman–Crippen LogP) is 5.83. The molecule has 0 saturated carbocycles. The minimum Gasteiger partial charge on any atom is -0.510 e. The second-order valence-corrected chi connectivity index (χ2v) is 11.3. The number of nitriles is 1. The van der Waals surface area contributed by atoms with Gasteiger partial charge < -0.3 is 14.3 Å². The SMILES string of the molecule is COc1ccc(NS(=O)(=O)c2ccc3oc(SCC(O)=C(C#N)c4nc5ccccc5s4)nc3c2)cc1. The van der Waals surface area contributed by atoms with E-state index in [1.165, 1.54) is 36.6 Å². The molecule has 0 aliphatic rings. The van der Waals surface area contributed by atoms with E-state index in [2.05, 4.69) is 14.7 Å². The Labute approximate surface area is 220 Å². The summed E-state index contributed by atoms with van der Waals surface area (Å²) in [6.45, 7) is 0. The van der Waals surface area contributed by atoms with Crippen molar-refractivity contribution in [1.82, 2.24) is 9.97 Å². The summed E-state index contributed by atoms with van der Waals surface area (Å²) in [5, 5.41) is 20.8. The van der Waals surface area contributed by atoms with Gasteiger partial charge in [0.15, 0.2) is 5.58 Å². The number of nitrogens with zero attached hydrogens (tertiary/aromatic N) is 3. The molecule has 0 aliphatic carbocycles. The number of hydrogen-bond acceptors (Lipinski definition) is 10. The van der Waals surface area contributed by atoms with E-state index in [4.69, 9.17) is 9.15 Å². The Balaban J connectivity index is 1.33. The molecular weight excluding hydrogens is 532 g/mol. The van der Waals surface area contributed by atoms with E-state index in [0.29, 0.717) is 27.5 Å². The highest BCUT2D eigenvalue weighted by Gasteiger charge is 2.18. The van der Waals surface area contributed by atoms with Gasteiger partial charge in [-0.05, 0) is 54.6 Å². The van der Waals surface area contributed by atoms with Crippen molar-refractivity contribution in [2.75, 3.05) is 17.6 Å². The van der Waals surface area contributed by atoms with Gasteiger partial charge in [0.2, 0.25) is 0 Å². The highest BCUT2D eigenvalue weighted by Crippen LogP contribution is 2.31. The van der Waals surface area contributed by atoms with Crippen molar-refractivity contribution in [3.8, 4) is 11.8 Å². The van der Waals surface area contributed by atoms with Gasteiger partial charge in [0.25, 0.3) is 15.2 Å². The molecule has 37 heavy (non-hydrogen) atoms. The average molecular weight is 551 g/mol. The van der Waals surface area contributed by atoms with Crippen LogP contribution < -0.4 is 9.46 Å². The van der Waals surface area contributed by atoms with E-state index < -0.39 is 10.0 Å². The molecule has 9 nitrogen and oxygen atoms in total. The van der Waals surface area contributed by atoms with Crippen molar-refractivity contribution in [2.24, 2.45) is 0 Å². The zero-order chi connectivity index (χ0) is 26.0. The van der Waals surface area contributed by atoms with Gasteiger partial charge in [-0.1, -0.05) is 23.9 Å². The summed E-state index contributed by atoms with van der Waals surface area (Å²) in [5.74, 6) is 0.483. The molecule has 5 aromatic rings. The highest BCUT2D eigenvalue weighted by molar-refractivity contribution is 7.99. The number of nitrogens with one attached hydrogen (secondary N) is 1. The maximum absolute atomic E-state index is 12.8. The van der Waals surface area contributed by atoms with Crippen LogP contribution >= 0.6 is 23.1 Å². The fourth-order valence-electron chi connectivity index (χ4n) is 3.41. The summed E-state index contributed by atoms with van der Waals surface area (Å²) in [6, 6.07) is 20.4. The molecule has 0 atom stereocenters. The van der Waals surface area contributed by atoms with E-state index in [9.17, 15) is 18.8 Å². The third-order valence-electron chi connectivity index (χ3n) is 5.23. The number of oxazole rings is 1. The normalized spacial score (nSPS) is 12.3. The van der Waals surface area contributed by atoms with Crippen LogP contribution in [0.3, 0.4) is 0 Å². The van der Waals surface area contributed by atoms with Crippen LogP contribution in [-0.4, -0.2) is 36.4 Å². The molecule has 5 rings (SSSR count). The van der Waals surface area contributed by atoms with Crippen LogP contribution in [0.5, 0.6) is 5.75 Å². The first-order valence-electron chi connectivity index (χ1n) is 10.7. The molecule has 0 spiro atoms. The lowest BCUT2D eigenvalue weighted by Crippen LogP contribution is -2.12. The summed E-state index contributed by atoms with van der Waals surface area (Å²) in [4.78, 5) is 8.79. The number of para-hydroxylation sites is 1. The molecule has 0 radical (unpaired) electrons. The number of allylic oxidation sites excluding steroid dienone is 1. The summed E-state index contributed by atoms with van der Waals surface area (Å²) in [5.41, 5.74) is 1.96. The van der Waals surface area contributed by atoms with Gasteiger partial charge in [0.1, 0.15) is 33.7 Å². The number of fused-ring (bicyclic) bond motifs is 2. The first-order chi connectivity index (χ1) is 17.9. The van der Waals surface area contributed by atoms with Crippen molar-refractivity contribution in [1.29, 1.82) is 5.26 Å². The third kappa shape index (κ3) is 5.24. The summed E-state index contributed by atoms with van der Waals surface area (Å²) in [7, 11) is -2.34. The molecule has 0 saturated heterocycles. The molecule has 2 N–H and O–H groups in total. The lowest BCUT2D eigenvalue weighted by atomic mass is 10.2. The van der Waals surface area contributed by atoms with Gasteiger partial charge in [0.05, 0.1) is 28.0 Å². The van der Waals surface area contributed by atoms with Crippen molar-refractivity contribution >= 4 is 65.7 Å². The van der Waals surface area contributed by atoms with Gasteiger partial charge in [-0.3, -0.25) is 4.72 Å². The fourth-order valence-corrected chi connectivity index (χ4v) is 6.18. The molecule has 0 unspecified atom stereocenters. The molecule has 0 aliphatic heterocycles. The van der Waals surface area contributed by atoms with Crippen LogP contribution in [0.15, 0.2) is 87.0 Å². The molecule has 2 heterocycles. The highest BCUT2D eigenvalue weighted by atomic mass is 32.2. The fraction of sp³-hybridized carbons (Fsp3) is 0.0800. The summed E-state index contributed by atoms with van der Waals surface area (Å²) < 4.78 is 39.9. The van der Waals surface area contributed by atoms with Crippen LogP contribution in [-0.2, 0) is 10.0 Å². The largest absolute Gasteiger partial charge is 0.510 e. The Bertz CT molecular complexity index is 1750. The van der Waals surface area contributed by atoms with E-state index in [-0.39, 0.29) is 27.2 Å². The van der Waals surface area contributed by atoms with Gasteiger partial charge in [-0.25, -0.2) is 18.4 Å². The number of hydrogen-bond donors (Lipinski definition) is 2. The maximum atomic E-state index is 12.8. The van der Waals surface area contributed by atoms with Crippen LogP contribution in [0, 0.1) is 11.3 Å². The number of sulfonamides is 1. The average Bonchev–Trinajstić information content (AvgIpc) is 3.51. The van der Waals surface area contributed by atoms with Crippen molar-refractivity contribution in [3.63, 3.8) is 0 Å². The number of aliphatic hydroxyl groups excluding tert-OH is 1.